The second-order valence-electron chi connectivity index (χ2n) is 10.5. The number of benzene rings is 3. The average Bonchev–Trinajstić information content (AvgIpc) is 2.98. The van der Waals surface area contributed by atoms with Crippen LogP contribution in [0.25, 0.3) is 11.1 Å². The van der Waals surface area contributed by atoms with Crippen molar-refractivity contribution in [1.29, 1.82) is 0 Å². The molecular formula is C31H34Cl2N4O4. The first-order chi connectivity index (χ1) is 19.7. The van der Waals surface area contributed by atoms with E-state index in [0.717, 1.165) is 35.5 Å². The highest BCUT2D eigenvalue weighted by Crippen LogP contribution is 2.39. The molecule has 0 radical (unpaired) electrons. The van der Waals surface area contributed by atoms with Crippen molar-refractivity contribution >= 4 is 46.4 Å². The molecule has 41 heavy (non-hydrogen) atoms. The lowest BCUT2D eigenvalue weighted by Crippen LogP contribution is -2.53. The molecule has 2 heterocycles. The van der Waals surface area contributed by atoms with Crippen molar-refractivity contribution in [2.75, 3.05) is 63.4 Å². The molecule has 0 aliphatic carbocycles. The average molecular weight is 598 g/mol. The largest absolute Gasteiger partial charge is 0.482 e. The van der Waals surface area contributed by atoms with Crippen LogP contribution in [0.2, 0.25) is 10.0 Å². The Balaban J connectivity index is 1.43. The van der Waals surface area contributed by atoms with E-state index in [0.29, 0.717) is 36.2 Å². The third kappa shape index (κ3) is 6.62. The fourth-order valence-corrected chi connectivity index (χ4v) is 5.49. The fraction of sp³-hybridized carbons (Fsp3) is 0.355. The summed E-state index contributed by atoms with van der Waals surface area (Å²) in [4.78, 5) is 32.6. The van der Waals surface area contributed by atoms with E-state index in [1.807, 2.05) is 32.3 Å². The number of carbonyl (C=O) groups excluding carboxylic acids is 2. The van der Waals surface area contributed by atoms with Crippen molar-refractivity contribution in [1.82, 2.24) is 10.2 Å². The molecule has 0 saturated carbocycles. The summed E-state index contributed by atoms with van der Waals surface area (Å²) in [5, 5.41) is 3.84. The molecule has 2 unspecified atom stereocenters. The third-order valence-electron chi connectivity index (χ3n) is 7.49. The molecule has 0 spiro atoms. The minimum Gasteiger partial charge on any atom is -0.482 e. The Morgan fingerprint density at radius 3 is 2.41 bits per heavy atom. The van der Waals surface area contributed by atoms with Crippen molar-refractivity contribution in [2.24, 2.45) is 0 Å². The zero-order chi connectivity index (χ0) is 29.1. The summed E-state index contributed by atoms with van der Waals surface area (Å²) in [7, 11) is 4.04. The quantitative estimate of drug-likeness (QED) is 0.393. The maximum Gasteiger partial charge on any atom is 0.265 e. The number of nitrogens with zero attached hydrogens (tertiary/aromatic N) is 3. The molecule has 8 nitrogen and oxygen atoms in total. The Kier molecular flexibility index (Phi) is 9.04. The Morgan fingerprint density at radius 2 is 1.68 bits per heavy atom. The van der Waals surface area contributed by atoms with Crippen LogP contribution in [-0.4, -0.2) is 76.3 Å². The predicted octanol–water partition coefficient (Wildman–Crippen LogP) is 5.03. The summed E-state index contributed by atoms with van der Waals surface area (Å²) in [6.45, 7) is 4.99. The molecule has 1 fully saturated rings. The summed E-state index contributed by atoms with van der Waals surface area (Å²) >= 11 is 12.4. The number of morpholine rings is 1. The standard InChI is InChI=1S/C31H34Cl2N4O4/c1-20(37-28-16-25(32)26(33)17-29(28)41-19-30(37)38)31(39)34-27(18-36-10-12-40-13-11-36)23-8-4-6-21(14-23)22-7-5-9-24(15-22)35(2)3/h4-9,14-17,20,27H,10-13,18-19H2,1-3H3,(H,34,39). The van der Waals surface area contributed by atoms with Gasteiger partial charge in [-0.25, -0.2) is 0 Å². The van der Waals surface area contributed by atoms with Crippen LogP contribution in [-0.2, 0) is 14.3 Å². The number of anilines is 2. The van der Waals surface area contributed by atoms with E-state index in [1.165, 1.54) is 4.90 Å². The lowest BCUT2D eigenvalue weighted by molar-refractivity contribution is -0.128. The van der Waals surface area contributed by atoms with Crippen molar-refractivity contribution in [3.05, 3.63) is 76.3 Å². The molecule has 2 aliphatic rings. The SMILES string of the molecule is CC(C(=O)NC(CN1CCOCC1)c1cccc(-c2cccc(N(C)C)c2)c1)N1C(=O)COc2cc(Cl)c(Cl)cc21. The summed E-state index contributed by atoms with van der Waals surface area (Å²) in [6, 6.07) is 18.6. The van der Waals surface area contributed by atoms with Crippen LogP contribution in [0.5, 0.6) is 5.75 Å². The number of carbonyl (C=O) groups is 2. The van der Waals surface area contributed by atoms with E-state index in [2.05, 4.69) is 45.4 Å². The maximum atomic E-state index is 13.8. The van der Waals surface area contributed by atoms with Crippen molar-refractivity contribution < 1.29 is 19.1 Å². The second kappa shape index (κ2) is 12.7. The van der Waals surface area contributed by atoms with Crippen LogP contribution in [0.3, 0.4) is 0 Å². The molecule has 2 atom stereocenters. The van der Waals surface area contributed by atoms with Gasteiger partial charge in [0, 0.05) is 45.5 Å². The number of halogens is 2. The molecule has 5 rings (SSSR count). The lowest BCUT2D eigenvalue weighted by atomic mass is 9.98. The molecule has 1 saturated heterocycles. The molecule has 2 aliphatic heterocycles. The molecule has 0 bridgehead atoms. The monoisotopic (exact) mass is 596 g/mol. The molecule has 0 aromatic heterocycles. The van der Waals surface area contributed by atoms with Crippen molar-refractivity contribution in [2.45, 2.75) is 19.0 Å². The van der Waals surface area contributed by atoms with Gasteiger partial charge in [0.05, 0.1) is 35.0 Å². The first-order valence-corrected chi connectivity index (χ1v) is 14.4. The third-order valence-corrected chi connectivity index (χ3v) is 8.22. The van der Waals surface area contributed by atoms with Crippen molar-refractivity contribution in [3.63, 3.8) is 0 Å². The smallest absolute Gasteiger partial charge is 0.265 e. The Labute approximate surface area is 250 Å². The maximum absolute atomic E-state index is 13.8. The first-order valence-electron chi connectivity index (χ1n) is 13.6. The van der Waals surface area contributed by atoms with E-state index in [1.54, 1.807) is 19.1 Å². The van der Waals surface area contributed by atoms with E-state index in [-0.39, 0.29) is 29.5 Å². The highest BCUT2D eigenvalue weighted by Gasteiger charge is 2.35. The van der Waals surface area contributed by atoms with Gasteiger partial charge in [-0.15, -0.1) is 0 Å². The van der Waals surface area contributed by atoms with Crippen LogP contribution in [0.15, 0.2) is 60.7 Å². The van der Waals surface area contributed by atoms with E-state index in [9.17, 15) is 9.59 Å². The Morgan fingerprint density at radius 1 is 1.00 bits per heavy atom. The van der Waals surface area contributed by atoms with E-state index < -0.39 is 6.04 Å². The number of fused-ring (bicyclic) bond motifs is 1. The minimum atomic E-state index is -0.811. The number of hydrogen-bond donors (Lipinski definition) is 1. The van der Waals surface area contributed by atoms with Crippen LogP contribution < -0.4 is 19.9 Å². The lowest BCUT2D eigenvalue weighted by Gasteiger charge is -2.35. The van der Waals surface area contributed by atoms with Gasteiger partial charge in [0.1, 0.15) is 11.8 Å². The highest BCUT2D eigenvalue weighted by atomic mass is 35.5. The van der Waals surface area contributed by atoms with Gasteiger partial charge in [-0.1, -0.05) is 53.5 Å². The molecule has 3 aromatic rings. The van der Waals surface area contributed by atoms with Gasteiger partial charge >= 0.3 is 0 Å². The molecule has 1 N–H and O–H groups in total. The van der Waals surface area contributed by atoms with Gasteiger partial charge in [-0.2, -0.15) is 0 Å². The zero-order valence-electron chi connectivity index (χ0n) is 23.4. The Bertz CT molecular complexity index is 1430. The van der Waals surface area contributed by atoms with Gasteiger partial charge in [-0.05, 0) is 47.9 Å². The summed E-state index contributed by atoms with van der Waals surface area (Å²) < 4.78 is 11.1. The number of amides is 2. The van der Waals surface area contributed by atoms with E-state index in [4.69, 9.17) is 32.7 Å². The first kappa shape index (κ1) is 29.2. The van der Waals surface area contributed by atoms with Gasteiger partial charge in [0.25, 0.3) is 5.91 Å². The van der Waals surface area contributed by atoms with Gasteiger partial charge in [-0.3, -0.25) is 19.4 Å². The number of rotatable bonds is 8. The van der Waals surface area contributed by atoms with Crippen LogP contribution in [0.1, 0.15) is 18.5 Å². The minimum absolute atomic E-state index is 0.187. The molecule has 3 aromatic carbocycles. The number of ether oxygens (including phenoxy) is 2. The Hall–Kier alpha value is -3.30. The summed E-state index contributed by atoms with van der Waals surface area (Å²) in [5.41, 5.74) is 4.66. The number of nitrogens with one attached hydrogen (secondary N) is 1. The van der Waals surface area contributed by atoms with Crippen molar-refractivity contribution in [3.8, 4) is 16.9 Å². The highest BCUT2D eigenvalue weighted by molar-refractivity contribution is 6.42. The summed E-state index contributed by atoms with van der Waals surface area (Å²) in [5.74, 6) is -0.197. The van der Waals surface area contributed by atoms with Crippen LogP contribution >= 0.6 is 23.2 Å². The topological polar surface area (TPSA) is 74.4 Å². The van der Waals surface area contributed by atoms with Gasteiger partial charge in [0.15, 0.2) is 6.61 Å². The predicted molar refractivity (Wildman–Crippen MR) is 163 cm³/mol. The second-order valence-corrected chi connectivity index (χ2v) is 11.3. The molecule has 2 amide bonds. The summed E-state index contributed by atoms with van der Waals surface area (Å²) in [6.07, 6.45) is 0. The normalized spacial score (nSPS) is 16.9. The molecule has 216 valence electrons. The molecule has 10 heteroatoms. The van der Waals surface area contributed by atoms with Crippen LogP contribution in [0, 0.1) is 0 Å². The zero-order valence-corrected chi connectivity index (χ0v) is 24.9. The van der Waals surface area contributed by atoms with E-state index >= 15 is 0 Å². The molecular weight excluding hydrogens is 563 g/mol. The van der Waals surface area contributed by atoms with Gasteiger partial charge < -0.3 is 19.7 Å². The van der Waals surface area contributed by atoms with Crippen LogP contribution in [0.4, 0.5) is 11.4 Å². The number of hydrogen-bond acceptors (Lipinski definition) is 6. The van der Waals surface area contributed by atoms with Gasteiger partial charge in [0.2, 0.25) is 5.91 Å². The fourth-order valence-electron chi connectivity index (χ4n) is 5.17.